The zero-order chi connectivity index (χ0) is 18.2. The third-order valence-electron chi connectivity index (χ3n) is 5.12. The predicted octanol–water partition coefficient (Wildman–Crippen LogP) is 1.47. The summed E-state index contributed by atoms with van der Waals surface area (Å²) in [5.41, 5.74) is -0.233. The van der Waals surface area contributed by atoms with Crippen molar-refractivity contribution in [3.05, 3.63) is 34.6 Å². The van der Waals surface area contributed by atoms with Crippen molar-refractivity contribution >= 4 is 23.5 Å². The topological polar surface area (TPSA) is 70.1 Å². The molecule has 1 aromatic carbocycles. The number of nitrogens with zero attached hydrogens (tertiary/aromatic N) is 2. The second-order valence-electron chi connectivity index (χ2n) is 6.78. The highest BCUT2D eigenvalue weighted by Crippen LogP contribution is 2.43. The largest absolute Gasteiger partial charge is 0.481 e. The van der Waals surface area contributed by atoms with E-state index in [0.29, 0.717) is 26.2 Å². The Morgan fingerprint density at radius 1 is 1.40 bits per heavy atom. The van der Waals surface area contributed by atoms with Gasteiger partial charge in [0.25, 0.3) is 0 Å². The number of aliphatic carboxylic acids is 1. The van der Waals surface area contributed by atoms with Crippen LogP contribution in [0.1, 0.15) is 5.56 Å². The van der Waals surface area contributed by atoms with Crippen LogP contribution in [0.3, 0.4) is 0 Å². The van der Waals surface area contributed by atoms with Crippen molar-refractivity contribution in [3.8, 4) is 0 Å². The average Bonchev–Trinajstić information content (AvgIpc) is 3.06. The SMILES string of the molecule is COCC(=O)N1C[C@@H]2CN(Cc3ccc(Cl)c(F)c3)C[C@]2(C(=O)O)C1. The second-order valence-corrected chi connectivity index (χ2v) is 7.19. The number of carbonyl (C=O) groups is 2. The number of amides is 1. The molecule has 3 rings (SSSR count). The third kappa shape index (κ3) is 3.36. The second kappa shape index (κ2) is 6.90. The molecule has 8 heteroatoms. The lowest BCUT2D eigenvalue weighted by molar-refractivity contribution is -0.149. The van der Waals surface area contributed by atoms with Gasteiger partial charge in [0.2, 0.25) is 5.91 Å². The number of benzene rings is 1. The number of carbonyl (C=O) groups excluding carboxylic acids is 1. The van der Waals surface area contributed by atoms with Crippen LogP contribution in [-0.2, 0) is 20.9 Å². The normalized spacial score (nSPS) is 26.0. The number of carboxylic acid groups (broad SMARTS) is 1. The standard InChI is InChI=1S/C17H20ClFN2O4/c1-25-8-15(22)21-7-12-6-20(9-17(12,10-21)16(23)24)5-11-2-3-13(18)14(19)4-11/h2-4,12H,5-10H2,1H3,(H,23,24)/t12-,17-/m0/s1. The smallest absolute Gasteiger partial charge is 0.313 e. The molecule has 0 radical (unpaired) electrons. The summed E-state index contributed by atoms with van der Waals surface area (Å²) in [6.07, 6.45) is 0. The number of ether oxygens (including phenoxy) is 1. The number of hydrogen-bond acceptors (Lipinski definition) is 4. The Morgan fingerprint density at radius 2 is 2.16 bits per heavy atom. The highest BCUT2D eigenvalue weighted by molar-refractivity contribution is 6.30. The Morgan fingerprint density at radius 3 is 2.76 bits per heavy atom. The van der Waals surface area contributed by atoms with Gasteiger partial charge in [0.1, 0.15) is 17.8 Å². The summed E-state index contributed by atoms with van der Waals surface area (Å²) in [6.45, 7) is 1.86. The van der Waals surface area contributed by atoms with Crippen LogP contribution < -0.4 is 0 Å². The van der Waals surface area contributed by atoms with Gasteiger partial charge in [-0.3, -0.25) is 14.5 Å². The van der Waals surface area contributed by atoms with Crippen molar-refractivity contribution in [2.45, 2.75) is 6.54 Å². The molecule has 0 bridgehead atoms. The summed E-state index contributed by atoms with van der Waals surface area (Å²) in [7, 11) is 1.44. The minimum atomic E-state index is -0.978. The van der Waals surface area contributed by atoms with Crippen LogP contribution in [0, 0.1) is 17.2 Å². The number of carboxylic acids is 1. The van der Waals surface area contributed by atoms with Crippen LogP contribution in [-0.4, -0.2) is 66.7 Å². The average molecular weight is 371 g/mol. The molecule has 2 saturated heterocycles. The maximum Gasteiger partial charge on any atom is 0.313 e. The van der Waals surface area contributed by atoms with Crippen LogP contribution in [0.2, 0.25) is 5.02 Å². The van der Waals surface area contributed by atoms with Gasteiger partial charge in [-0.25, -0.2) is 4.39 Å². The molecule has 2 aliphatic heterocycles. The first kappa shape index (κ1) is 18.1. The fourth-order valence-electron chi connectivity index (χ4n) is 3.89. The van der Waals surface area contributed by atoms with Gasteiger partial charge in [-0.1, -0.05) is 17.7 Å². The van der Waals surface area contributed by atoms with Crippen molar-refractivity contribution in [1.29, 1.82) is 0 Å². The van der Waals surface area contributed by atoms with Crippen molar-refractivity contribution in [1.82, 2.24) is 9.80 Å². The van der Waals surface area contributed by atoms with Crippen LogP contribution in [0.4, 0.5) is 4.39 Å². The maximum atomic E-state index is 13.6. The van der Waals surface area contributed by atoms with Crippen LogP contribution >= 0.6 is 11.6 Å². The monoisotopic (exact) mass is 370 g/mol. The van der Waals surface area contributed by atoms with E-state index in [9.17, 15) is 19.1 Å². The van der Waals surface area contributed by atoms with Gasteiger partial charge in [-0.15, -0.1) is 0 Å². The van der Waals surface area contributed by atoms with Crippen molar-refractivity contribution in [3.63, 3.8) is 0 Å². The van der Waals surface area contributed by atoms with E-state index in [1.54, 1.807) is 11.0 Å². The van der Waals surface area contributed by atoms with Crippen molar-refractivity contribution < 1.29 is 23.8 Å². The number of fused-ring (bicyclic) bond motifs is 1. The Kier molecular flexibility index (Phi) is 4.99. The molecule has 0 aliphatic carbocycles. The molecular formula is C17H20ClFN2O4. The number of hydrogen-bond donors (Lipinski definition) is 1. The minimum Gasteiger partial charge on any atom is -0.481 e. The van der Waals surface area contributed by atoms with Gasteiger partial charge >= 0.3 is 5.97 Å². The lowest BCUT2D eigenvalue weighted by Gasteiger charge is -2.25. The molecule has 2 heterocycles. The first-order valence-corrected chi connectivity index (χ1v) is 8.40. The number of halogens is 2. The van der Waals surface area contributed by atoms with E-state index in [1.807, 2.05) is 4.90 Å². The molecule has 6 nitrogen and oxygen atoms in total. The molecule has 2 aliphatic rings. The van der Waals surface area contributed by atoms with Gasteiger partial charge in [0.15, 0.2) is 0 Å². The predicted molar refractivity (Wildman–Crippen MR) is 88.7 cm³/mol. The molecule has 2 atom stereocenters. The van der Waals surface area contributed by atoms with Gasteiger partial charge in [0.05, 0.1) is 5.02 Å². The molecule has 0 unspecified atom stereocenters. The van der Waals surface area contributed by atoms with Crippen molar-refractivity contribution in [2.24, 2.45) is 11.3 Å². The summed E-state index contributed by atoms with van der Waals surface area (Å²) in [4.78, 5) is 27.5. The lowest BCUT2D eigenvalue weighted by atomic mass is 9.81. The fourth-order valence-corrected chi connectivity index (χ4v) is 4.01. The Labute approximate surface area is 150 Å². The summed E-state index contributed by atoms with van der Waals surface area (Å²) < 4.78 is 18.5. The van der Waals surface area contributed by atoms with Gasteiger partial charge < -0.3 is 14.7 Å². The molecule has 0 spiro atoms. The number of likely N-dealkylation sites (tertiary alicyclic amines) is 2. The maximum absolute atomic E-state index is 13.6. The van der Waals surface area contributed by atoms with Gasteiger partial charge in [-0.2, -0.15) is 0 Å². The molecule has 25 heavy (non-hydrogen) atoms. The molecule has 1 aromatic rings. The fraction of sp³-hybridized carbons (Fsp3) is 0.529. The van der Waals surface area contributed by atoms with Crippen LogP contribution in [0.15, 0.2) is 18.2 Å². The quantitative estimate of drug-likeness (QED) is 0.850. The van der Waals surface area contributed by atoms with E-state index in [-0.39, 0.29) is 30.0 Å². The Hall–Kier alpha value is -1.70. The molecule has 0 saturated carbocycles. The van der Waals surface area contributed by atoms with E-state index < -0.39 is 17.2 Å². The van der Waals surface area contributed by atoms with Gasteiger partial charge in [0, 0.05) is 45.8 Å². The van der Waals surface area contributed by atoms with E-state index in [4.69, 9.17) is 16.3 Å². The van der Waals surface area contributed by atoms with Crippen LogP contribution in [0.25, 0.3) is 0 Å². The summed E-state index contributed by atoms with van der Waals surface area (Å²) in [5, 5.41) is 9.86. The first-order valence-electron chi connectivity index (χ1n) is 8.02. The summed E-state index contributed by atoms with van der Waals surface area (Å²) >= 11 is 5.70. The zero-order valence-corrected chi connectivity index (χ0v) is 14.6. The van der Waals surface area contributed by atoms with E-state index in [1.165, 1.54) is 19.2 Å². The third-order valence-corrected chi connectivity index (χ3v) is 5.42. The first-order chi connectivity index (χ1) is 11.9. The lowest BCUT2D eigenvalue weighted by Crippen LogP contribution is -2.42. The summed E-state index contributed by atoms with van der Waals surface area (Å²) in [6, 6.07) is 4.61. The molecule has 0 aromatic heterocycles. The molecule has 2 fully saturated rings. The molecule has 1 N–H and O–H groups in total. The van der Waals surface area contributed by atoms with E-state index >= 15 is 0 Å². The molecule has 136 valence electrons. The number of methoxy groups -OCH3 is 1. The van der Waals surface area contributed by atoms with Gasteiger partial charge in [-0.05, 0) is 17.7 Å². The Bertz CT molecular complexity index is 701. The Balaban J connectivity index is 1.72. The highest BCUT2D eigenvalue weighted by Gasteiger charge is 2.58. The molecular weight excluding hydrogens is 351 g/mol. The minimum absolute atomic E-state index is 0.0455. The van der Waals surface area contributed by atoms with E-state index in [2.05, 4.69) is 0 Å². The van der Waals surface area contributed by atoms with Crippen LogP contribution in [0.5, 0.6) is 0 Å². The zero-order valence-electron chi connectivity index (χ0n) is 13.9. The summed E-state index contributed by atoms with van der Waals surface area (Å²) in [5.74, 6) is -1.72. The van der Waals surface area contributed by atoms with E-state index in [0.717, 1.165) is 5.56 Å². The number of rotatable bonds is 5. The highest BCUT2D eigenvalue weighted by atomic mass is 35.5. The van der Waals surface area contributed by atoms with Crippen molar-refractivity contribution in [2.75, 3.05) is 39.9 Å². The molecule has 1 amide bonds.